The van der Waals surface area contributed by atoms with Crippen LogP contribution >= 0.6 is 0 Å². The quantitative estimate of drug-likeness (QED) is 0.753. The van der Waals surface area contributed by atoms with Crippen LogP contribution in [0.2, 0.25) is 0 Å². The Kier molecular flexibility index (Phi) is 4.02. The number of carbonyl (C=O) groups is 1. The molecule has 1 fully saturated rings. The summed E-state index contributed by atoms with van der Waals surface area (Å²) in [6, 6.07) is 11.1. The first-order valence-electron chi connectivity index (χ1n) is 8.11. The minimum absolute atomic E-state index is 0.0389. The van der Waals surface area contributed by atoms with Crippen molar-refractivity contribution in [3.05, 3.63) is 47.7 Å². The van der Waals surface area contributed by atoms with Crippen molar-refractivity contribution in [2.45, 2.75) is 6.10 Å². The van der Waals surface area contributed by atoms with Gasteiger partial charge in [0.2, 0.25) is 0 Å². The molecular formula is C17H18N6O2. The van der Waals surface area contributed by atoms with Gasteiger partial charge in [-0.25, -0.2) is 4.98 Å². The van der Waals surface area contributed by atoms with E-state index in [4.69, 9.17) is 4.74 Å². The normalized spacial score (nSPS) is 17.6. The predicted octanol–water partition coefficient (Wildman–Crippen LogP) is 1.61. The van der Waals surface area contributed by atoms with Crippen LogP contribution in [0.3, 0.4) is 0 Å². The number of aromatic nitrogens is 4. The van der Waals surface area contributed by atoms with E-state index in [1.54, 1.807) is 23.1 Å². The Hall–Kier alpha value is -3.00. The maximum atomic E-state index is 12.8. The topological polar surface area (TPSA) is 96.0 Å². The summed E-state index contributed by atoms with van der Waals surface area (Å²) in [5.74, 6) is 0.740. The molecule has 0 radical (unpaired) electrons. The van der Waals surface area contributed by atoms with Gasteiger partial charge in [-0.3, -0.25) is 4.79 Å². The molecule has 2 N–H and O–H groups in total. The molecule has 0 bridgehead atoms. The lowest BCUT2D eigenvalue weighted by Gasteiger charge is -2.32. The highest BCUT2D eigenvalue weighted by atomic mass is 16.5. The molecule has 1 atom stereocenters. The van der Waals surface area contributed by atoms with Crippen molar-refractivity contribution in [1.29, 1.82) is 0 Å². The number of H-pyrrole nitrogens is 1. The van der Waals surface area contributed by atoms with Gasteiger partial charge in [0, 0.05) is 19.2 Å². The number of nitrogens with zero attached hydrogens (tertiary/aromatic N) is 4. The molecule has 3 heterocycles. The van der Waals surface area contributed by atoms with E-state index in [0.717, 1.165) is 17.0 Å². The zero-order valence-corrected chi connectivity index (χ0v) is 13.8. The summed E-state index contributed by atoms with van der Waals surface area (Å²) in [6.45, 7) is 1.50. The summed E-state index contributed by atoms with van der Waals surface area (Å²) in [6.07, 6.45) is -0.234. The number of rotatable bonds is 3. The predicted molar refractivity (Wildman–Crippen MR) is 92.3 cm³/mol. The Morgan fingerprint density at radius 1 is 1.28 bits per heavy atom. The van der Waals surface area contributed by atoms with Crippen LogP contribution in [0.5, 0.6) is 0 Å². The van der Waals surface area contributed by atoms with Crippen LogP contribution in [0.4, 0.5) is 5.82 Å². The van der Waals surface area contributed by atoms with E-state index < -0.39 is 0 Å². The molecule has 128 valence electrons. The van der Waals surface area contributed by atoms with E-state index in [9.17, 15) is 4.79 Å². The Labute approximate surface area is 144 Å². The van der Waals surface area contributed by atoms with Crippen molar-refractivity contribution in [3.8, 4) is 0 Å². The maximum Gasteiger partial charge on any atom is 0.254 e. The Morgan fingerprint density at radius 2 is 2.16 bits per heavy atom. The number of hydrogen-bond acceptors (Lipinski definition) is 6. The number of fused-ring (bicyclic) bond motifs is 1. The molecular weight excluding hydrogens is 320 g/mol. The Balaban J connectivity index is 1.54. The zero-order valence-electron chi connectivity index (χ0n) is 13.8. The molecule has 25 heavy (non-hydrogen) atoms. The lowest BCUT2D eigenvalue weighted by Crippen LogP contribution is -2.42. The molecule has 2 aromatic heterocycles. The third kappa shape index (κ3) is 3.03. The lowest BCUT2D eigenvalue weighted by atomic mass is 10.1. The van der Waals surface area contributed by atoms with Gasteiger partial charge in [0.05, 0.1) is 18.8 Å². The molecule has 1 aromatic carbocycles. The molecule has 8 heteroatoms. The van der Waals surface area contributed by atoms with E-state index in [1.807, 2.05) is 25.2 Å². The second-order valence-corrected chi connectivity index (χ2v) is 5.84. The van der Waals surface area contributed by atoms with Crippen LogP contribution in [-0.4, -0.2) is 57.9 Å². The molecule has 1 amide bonds. The van der Waals surface area contributed by atoms with Crippen molar-refractivity contribution in [1.82, 2.24) is 25.3 Å². The number of hydrogen-bond donors (Lipinski definition) is 2. The summed E-state index contributed by atoms with van der Waals surface area (Å²) >= 11 is 0. The van der Waals surface area contributed by atoms with Crippen LogP contribution in [0, 0.1) is 0 Å². The molecule has 0 spiro atoms. The van der Waals surface area contributed by atoms with Gasteiger partial charge in [-0.2, -0.15) is 15.4 Å². The van der Waals surface area contributed by atoms with Crippen molar-refractivity contribution in [2.75, 3.05) is 32.1 Å². The van der Waals surface area contributed by atoms with E-state index >= 15 is 0 Å². The number of anilines is 1. The minimum Gasteiger partial charge on any atom is -0.373 e. The molecule has 1 aliphatic rings. The summed E-state index contributed by atoms with van der Waals surface area (Å²) in [5.41, 5.74) is 2.83. The Bertz CT molecular complexity index is 909. The number of benzene rings is 1. The maximum absolute atomic E-state index is 12.8. The molecule has 8 nitrogen and oxygen atoms in total. The van der Waals surface area contributed by atoms with Gasteiger partial charge in [0.25, 0.3) is 5.91 Å². The first kappa shape index (κ1) is 15.5. The standard InChI is InChI=1S/C17H18N6O2/c1-18-16-4-2-3-13(19-16)15-10-23(7-8-25-15)17(24)11-5-6-12-14(9-11)21-22-20-12/h2-6,9,15H,7-8,10H2,1H3,(H,18,19)(H,20,21,22)/t15-/m0/s1. The van der Waals surface area contributed by atoms with E-state index in [2.05, 4.69) is 25.7 Å². The molecule has 1 aliphatic heterocycles. The number of carbonyl (C=O) groups excluding carboxylic acids is 1. The second kappa shape index (κ2) is 6.48. The van der Waals surface area contributed by atoms with E-state index in [1.165, 1.54) is 0 Å². The SMILES string of the molecule is CNc1cccc([C@@H]2CN(C(=O)c3ccc4n[nH]nc4c3)CCO2)n1. The van der Waals surface area contributed by atoms with Crippen LogP contribution in [0.1, 0.15) is 22.2 Å². The number of morpholine rings is 1. The largest absolute Gasteiger partial charge is 0.373 e. The van der Waals surface area contributed by atoms with Gasteiger partial charge in [-0.15, -0.1) is 0 Å². The molecule has 1 saturated heterocycles. The fraction of sp³-hybridized carbons (Fsp3) is 0.294. The highest BCUT2D eigenvalue weighted by Crippen LogP contribution is 2.23. The van der Waals surface area contributed by atoms with Crippen molar-refractivity contribution in [3.63, 3.8) is 0 Å². The highest BCUT2D eigenvalue weighted by Gasteiger charge is 2.27. The third-order valence-electron chi connectivity index (χ3n) is 4.27. The highest BCUT2D eigenvalue weighted by molar-refractivity contribution is 5.97. The molecule has 0 saturated carbocycles. The second-order valence-electron chi connectivity index (χ2n) is 5.84. The smallest absolute Gasteiger partial charge is 0.254 e. The summed E-state index contributed by atoms with van der Waals surface area (Å²) < 4.78 is 5.83. The van der Waals surface area contributed by atoms with Gasteiger partial charge >= 0.3 is 0 Å². The number of aromatic amines is 1. The number of pyridine rings is 1. The fourth-order valence-electron chi connectivity index (χ4n) is 2.94. The van der Waals surface area contributed by atoms with Crippen LogP contribution in [0.15, 0.2) is 36.4 Å². The zero-order chi connectivity index (χ0) is 17.2. The van der Waals surface area contributed by atoms with Gasteiger partial charge in [0.15, 0.2) is 0 Å². The van der Waals surface area contributed by atoms with Crippen LogP contribution in [-0.2, 0) is 4.74 Å². The fourth-order valence-corrected chi connectivity index (χ4v) is 2.94. The number of ether oxygens (including phenoxy) is 1. The van der Waals surface area contributed by atoms with Gasteiger partial charge in [0.1, 0.15) is 23.0 Å². The first-order valence-corrected chi connectivity index (χ1v) is 8.11. The van der Waals surface area contributed by atoms with Crippen LogP contribution in [0.25, 0.3) is 11.0 Å². The van der Waals surface area contributed by atoms with E-state index in [0.29, 0.717) is 30.8 Å². The average Bonchev–Trinajstić information content (AvgIpc) is 3.15. The first-order chi connectivity index (χ1) is 12.2. The monoisotopic (exact) mass is 338 g/mol. The summed E-state index contributed by atoms with van der Waals surface area (Å²) in [5, 5.41) is 13.6. The number of nitrogens with one attached hydrogen (secondary N) is 2. The van der Waals surface area contributed by atoms with Gasteiger partial charge in [-0.05, 0) is 30.3 Å². The average molecular weight is 338 g/mol. The van der Waals surface area contributed by atoms with Crippen molar-refractivity contribution in [2.24, 2.45) is 0 Å². The Morgan fingerprint density at radius 3 is 3.04 bits per heavy atom. The number of amides is 1. The van der Waals surface area contributed by atoms with E-state index in [-0.39, 0.29) is 12.0 Å². The minimum atomic E-state index is -0.234. The molecule has 0 unspecified atom stereocenters. The lowest BCUT2D eigenvalue weighted by molar-refractivity contribution is -0.0246. The third-order valence-corrected chi connectivity index (χ3v) is 4.27. The van der Waals surface area contributed by atoms with Gasteiger partial charge in [-0.1, -0.05) is 6.07 Å². The molecule has 3 aromatic rings. The summed E-state index contributed by atoms with van der Waals surface area (Å²) in [4.78, 5) is 19.2. The van der Waals surface area contributed by atoms with Crippen LogP contribution < -0.4 is 5.32 Å². The summed E-state index contributed by atoms with van der Waals surface area (Å²) in [7, 11) is 1.82. The van der Waals surface area contributed by atoms with Gasteiger partial charge < -0.3 is 15.0 Å². The molecule has 0 aliphatic carbocycles. The molecule has 4 rings (SSSR count). The van der Waals surface area contributed by atoms with Crippen molar-refractivity contribution < 1.29 is 9.53 Å². The van der Waals surface area contributed by atoms with Crippen molar-refractivity contribution >= 4 is 22.8 Å².